The summed E-state index contributed by atoms with van der Waals surface area (Å²) in [7, 11) is -3.49. The lowest BCUT2D eigenvalue weighted by Crippen LogP contribution is -2.50. The zero-order valence-electron chi connectivity index (χ0n) is 11.4. The van der Waals surface area contributed by atoms with E-state index in [9.17, 15) is 18.0 Å². The first kappa shape index (κ1) is 16.9. The molecule has 1 fully saturated rings. The molecule has 0 atom stereocenters. The SMILES string of the molecule is CCOC(=O)CCS(=O)(=O)N1CCN(CC(=O)O)CC1. The fraction of sp³-hybridized carbons (Fsp3) is 0.818. The van der Waals surface area contributed by atoms with E-state index in [0.717, 1.165) is 0 Å². The van der Waals surface area contributed by atoms with Crippen molar-refractivity contribution in [1.82, 2.24) is 9.21 Å². The van der Waals surface area contributed by atoms with Crippen LogP contribution in [0.2, 0.25) is 0 Å². The average Bonchev–Trinajstić information content (AvgIpc) is 2.37. The molecular formula is C11H20N2O6S. The molecule has 1 saturated heterocycles. The van der Waals surface area contributed by atoms with Crippen molar-refractivity contribution in [2.24, 2.45) is 0 Å². The molecule has 0 amide bonds. The molecule has 1 rings (SSSR count). The van der Waals surface area contributed by atoms with Gasteiger partial charge in [-0.2, -0.15) is 4.31 Å². The van der Waals surface area contributed by atoms with Gasteiger partial charge in [0.2, 0.25) is 10.0 Å². The number of carboxylic acids is 1. The van der Waals surface area contributed by atoms with E-state index in [-0.39, 0.29) is 38.4 Å². The van der Waals surface area contributed by atoms with Crippen molar-refractivity contribution in [3.8, 4) is 0 Å². The Morgan fingerprint density at radius 3 is 2.30 bits per heavy atom. The smallest absolute Gasteiger partial charge is 0.317 e. The number of aliphatic carboxylic acids is 1. The summed E-state index contributed by atoms with van der Waals surface area (Å²) in [5, 5.41) is 8.66. The quantitative estimate of drug-likeness (QED) is 0.600. The first-order valence-electron chi connectivity index (χ1n) is 6.42. The van der Waals surface area contributed by atoms with E-state index in [4.69, 9.17) is 9.84 Å². The van der Waals surface area contributed by atoms with Crippen LogP contribution in [0.25, 0.3) is 0 Å². The van der Waals surface area contributed by atoms with Crippen LogP contribution in [0.3, 0.4) is 0 Å². The van der Waals surface area contributed by atoms with Gasteiger partial charge in [-0.1, -0.05) is 0 Å². The molecule has 0 bridgehead atoms. The van der Waals surface area contributed by atoms with Gasteiger partial charge in [0.1, 0.15) is 0 Å². The van der Waals surface area contributed by atoms with Gasteiger partial charge in [-0.05, 0) is 6.92 Å². The van der Waals surface area contributed by atoms with Crippen LogP contribution in [0.5, 0.6) is 0 Å². The molecule has 0 aromatic rings. The Morgan fingerprint density at radius 1 is 1.20 bits per heavy atom. The number of rotatable bonds is 7. The second-order valence-corrected chi connectivity index (χ2v) is 6.53. The van der Waals surface area contributed by atoms with Crippen molar-refractivity contribution < 1.29 is 27.9 Å². The molecule has 9 heteroatoms. The molecule has 1 aliphatic heterocycles. The van der Waals surface area contributed by atoms with Crippen molar-refractivity contribution in [3.63, 3.8) is 0 Å². The molecule has 20 heavy (non-hydrogen) atoms. The fourth-order valence-corrected chi connectivity index (χ4v) is 3.33. The van der Waals surface area contributed by atoms with Crippen LogP contribution in [0.4, 0.5) is 0 Å². The summed E-state index contributed by atoms with van der Waals surface area (Å²) < 4.78 is 30.0. The minimum atomic E-state index is -3.49. The summed E-state index contributed by atoms with van der Waals surface area (Å²) >= 11 is 0. The Labute approximate surface area is 118 Å². The number of nitrogens with zero attached hydrogens (tertiary/aromatic N) is 2. The third-order valence-electron chi connectivity index (χ3n) is 2.95. The molecule has 0 saturated carbocycles. The molecular weight excluding hydrogens is 288 g/mol. The summed E-state index contributed by atoms with van der Waals surface area (Å²) in [6.07, 6.45) is -0.161. The number of carboxylic acid groups (broad SMARTS) is 1. The molecule has 8 nitrogen and oxygen atoms in total. The second-order valence-electron chi connectivity index (χ2n) is 4.44. The van der Waals surface area contributed by atoms with Gasteiger partial charge < -0.3 is 9.84 Å². The van der Waals surface area contributed by atoms with Gasteiger partial charge in [0, 0.05) is 26.2 Å². The fourth-order valence-electron chi connectivity index (χ4n) is 1.93. The number of hydrogen-bond donors (Lipinski definition) is 1. The van der Waals surface area contributed by atoms with Crippen molar-refractivity contribution in [2.75, 3.05) is 45.1 Å². The van der Waals surface area contributed by atoms with Crippen LogP contribution in [-0.2, 0) is 24.3 Å². The van der Waals surface area contributed by atoms with E-state index in [1.807, 2.05) is 0 Å². The maximum Gasteiger partial charge on any atom is 0.317 e. The van der Waals surface area contributed by atoms with Crippen molar-refractivity contribution in [1.29, 1.82) is 0 Å². The van der Waals surface area contributed by atoms with Crippen molar-refractivity contribution >= 4 is 22.0 Å². The highest BCUT2D eigenvalue weighted by molar-refractivity contribution is 7.89. The molecule has 0 unspecified atom stereocenters. The third-order valence-corrected chi connectivity index (χ3v) is 4.82. The summed E-state index contributed by atoms with van der Waals surface area (Å²) in [5.74, 6) is -1.73. The zero-order valence-corrected chi connectivity index (χ0v) is 12.3. The highest BCUT2D eigenvalue weighted by atomic mass is 32.2. The molecule has 0 aromatic carbocycles. The minimum Gasteiger partial charge on any atom is -0.480 e. The Morgan fingerprint density at radius 2 is 1.80 bits per heavy atom. The van der Waals surface area contributed by atoms with Crippen LogP contribution in [-0.4, -0.2) is 79.8 Å². The zero-order chi connectivity index (χ0) is 15.2. The highest BCUT2D eigenvalue weighted by Gasteiger charge is 2.28. The lowest BCUT2D eigenvalue weighted by Gasteiger charge is -2.32. The number of ether oxygens (including phenoxy) is 1. The maximum absolute atomic E-state index is 12.0. The van der Waals surface area contributed by atoms with Gasteiger partial charge in [0.25, 0.3) is 0 Å². The molecule has 1 heterocycles. The standard InChI is InChI=1S/C11H20N2O6S/c1-2-19-11(16)3-8-20(17,18)13-6-4-12(5-7-13)9-10(14)15/h2-9H2,1H3,(H,14,15). The monoisotopic (exact) mass is 308 g/mol. The summed E-state index contributed by atoms with van der Waals surface area (Å²) in [4.78, 5) is 23.4. The van der Waals surface area contributed by atoms with Gasteiger partial charge in [-0.15, -0.1) is 0 Å². The lowest BCUT2D eigenvalue weighted by molar-refractivity contribution is -0.142. The number of carbonyl (C=O) groups excluding carboxylic acids is 1. The minimum absolute atomic E-state index is 0.0866. The van der Waals surface area contributed by atoms with Crippen molar-refractivity contribution in [3.05, 3.63) is 0 Å². The molecule has 0 spiro atoms. The predicted molar refractivity (Wildman–Crippen MR) is 70.7 cm³/mol. The number of esters is 1. The Bertz CT molecular complexity index is 442. The number of piperazine rings is 1. The summed E-state index contributed by atoms with van der Waals surface area (Å²) in [5.41, 5.74) is 0. The molecule has 1 aliphatic rings. The topological polar surface area (TPSA) is 104 Å². The lowest BCUT2D eigenvalue weighted by atomic mass is 10.3. The molecule has 116 valence electrons. The Hall–Kier alpha value is -1.19. The van der Waals surface area contributed by atoms with E-state index in [1.54, 1.807) is 11.8 Å². The normalized spacial score (nSPS) is 17.9. The first-order valence-corrected chi connectivity index (χ1v) is 8.03. The number of carbonyl (C=O) groups is 2. The molecule has 0 aromatic heterocycles. The van der Waals surface area contributed by atoms with Crippen LogP contribution >= 0.6 is 0 Å². The molecule has 0 radical (unpaired) electrons. The van der Waals surface area contributed by atoms with E-state index in [0.29, 0.717) is 13.1 Å². The predicted octanol–water partition coefficient (Wildman–Crippen LogP) is -1.03. The molecule has 0 aliphatic carbocycles. The van der Waals surface area contributed by atoms with Crippen LogP contribution in [0, 0.1) is 0 Å². The first-order chi connectivity index (χ1) is 9.35. The summed E-state index contributed by atoms with van der Waals surface area (Å²) in [6.45, 7) is 3.06. The Kier molecular flexibility index (Phi) is 6.37. The van der Waals surface area contributed by atoms with Crippen LogP contribution in [0.1, 0.15) is 13.3 Å². The van der Waals surface area contributed by atoms with Gasteiger partial charge in [-0.25, -0.2) is 8.42 Å². The maximum atomic E-state index is 12.0. The van der Waals surface area contributed by atoms with Crippen LogP contribution < -0.4 is 0 Å². The van der Waals surface area contributed by atoms with Gasteiger partial charge in [0.15, 0.2) is 0 Å². The molecule has 1 N–H and O–H groups in total. The second kappa shape index (κ2) is 7.55. The largest absolute Gasteiger partial charge is 0.480 e. The van der Waals surface area contributed by atoms with Gasteiger partial charge >= 0.3 is 11.9 Å². The summed E-state index contributed by atoms with van der Waals surface area (Å²) in [6, 6.07) is 0. The van der Waals surface area contributed by atoms with Gasteiger partial charge in [0.05, 0.1) is 25.3 Å². The number of hydrogen-bond acceptors (Lipinski definition) is 6. The highest BCUT2D eigenvalue weighted by Crippen LogP contribution is 2.09. The third kappa shape index (κ3) is 5.43. The van der Waals surface area contributed by atoms with Crippen LogP contribution in [0.15, 0.2) is 0 Å². The van der Waals surface area contributed by atoms with Crippen molar-refractivity contribution in [2.45, 2.75) is 13.3 Å². The van der Waals surface area contributed by atoms with E-state index in [1.165, 1.54) is 4.31 Å². The van der Waals surface area contributed by atoms with E-state index < -0.39 is 22.0 Å². The number of sulfonamides is 1. The van der Waals surface area contributed by atoms with E-state index >= 15 is 0 Å². The van der Waals surface area contributed by atoms with Gasteiger partial charge in [-0.3, -0.25) is 14.5 Å². The average molecular weight is 308 g/mol. The Balaban J connectivity index is 2.42. The van der Waals surface area contributed by atoms with E-state index in [2.05, 4.69) is 0 Å².